The molecule has 0 saturated carbocycles. The summed E-state index contributed by atoms with van der Waals surface area (Å²) >= 11 is 12.6. The molecule has 0 saturated heterocycles. The summed E-state index contributed by atoms with van der Waals surface area (Å²) in [5.74, 6) is 1.92. The zero-order chi connectivity index (χ0) is 41.8. The minimum Gasteiger partial charge on any atom is -0.497 e. The molecule has 0 atom stereocenters. The highest BCUT2D eigenvalue weighted by Gasteiger charge is 2.31. The number of rotatable bonds is 1. The Bertz CT molecular complexity index is 2660. The minimum absolute atomic E-state index is 0.136. The molecule has 1 aliphatic rings. The van der Waals surface area contributed by atoms with Crippen molar-refractivity contribution in [3.05, 3.63) is 145 Å². The Balaban J connectivity index is 0.000000135. The van der Waals surface area contributed by atoms with Gasteiger partial charge in [0.15, 0.2) is 0 Å². The summed E-state index contributed by atoms with van der Waals surface area (Å²) in [6.45, 7) is 16.5. The summed E-state index contributed by atoms with van der Waals surface area (Å²) in [4.78, 5) is 25.4. The van der Waals surface area contributed by atoms with Gasteiger partial charge in [-0.15, -0.1) is 45.3 Å². The van der Waals surface area contributed by atoms with E-state index >= 15 is 0 Å². The molecule has 5 aromatic heterocycles. The first-order valence-electron chi connectivity index (χ1n) is 18.4. The van der Waals surface area contributed by atoms with E-state index in [-0.39, 0.29) is 5.41 Å². The second-order valence-corrected chi connectivity index (χ2v) is 18.8. The van der Waals surface area contributed by atoms with Crippen LogP contribution >= 0.6 is 56.9 Å². The normalized spacial score (nSPS) is 11.9. The van der Waals surface area contributed by atoms with Gasteiger partial charge in [0.25, 0.3) is 0 Å². The second-order valence-electron chi connectivity index (χ2n) is 13.6. The third kappa shape index (κ3) is 12.3. The molecule has 8 nitrogen and oxygen atoms in total. The van der Waals surface area contributed by atoms with Gasteiger partial charge in [-0.3, -0.25) is 9.98 Å². The Morgan fingerprint density at radius 3 is 1.74 bits per heavy atom. The van der Waals surface area contributed by atoms with E-state index in [2.05, 4.69) is 74.9 Å². The molecule has 13 heteroatoms. The summed E-state index contributed by atoms with van der Waals surface area (Å²) in [6, 6.07) is 28.3. The molecule has 0 radical (unpaired) electrons. The second kappa shape index (κ2) is 20.7. The maximum atomic E-state index is 5.79. The van der Waals surface area contributed by atoms with Gasteiger partial charge in [0.1, 0.15) is 11.6 Å². The number of aryl methyl sites for hydroxylation is 6. The fraction of sp³-hybridized carbons (Fsp3) is 0.244. The topological polar surface area (TPSA) is 91.0 Å². The van der Waals surface area contributed by atoms with E-state index in [1.54, 1.807) is 64.9 Å². The van der Waals surface area contributed by atoms with Crippen LogP contribution in [-0.4, -0.2) is 42.3 Å². The average molecular weight is 867 g/mol. The number of halogens is 1. The lowest BCUT2D eigenvalue weighted by molar-refractivity contribution is 0.415. The minimum atomic E-state index is 0.136. The fourth-order valence-corrected chi connectivity index (χ4v) is 8.55. The average Bonchev–Trinajstić information content (AvgIpc) is 4.06. The molecule has 6 heterocycles. The van der Waals surface area contributed by atoms with Crippen LogP contribution in [0.25, 0.3) is 30.6 Å². The van der Waals surface area contributed by atoms with Gasteiger partial charge in [0.2, 0.25) is 0 Å². The van der Waals surface area contributed by atoms with Crippen molar-refractivity contribution in [1.29, 1.82) is 0 Å². The van der Waals surface area contributed by atoms with Crippen LogP contribution in [0, 0.1) is 34.6 Å². The molecule has 0 fully saturated rings. The standard InChI is InChI=1S/C11H13N.C9H9NOS.C8H6ClNS.C8H7NS.C5H8N2.C4H5NS/c1-8-11(2,3)9-6-4-5-7-10(9)12-8;1-6-10-8-5-7(11-2)3-4-9(8)12-6;1-5-10-7-4-6(9)2-3-8(7)11-5;1-6-9-7-4-2-3-5-8(7)10-6;1-5-6-3-4-7(5)2;1-4-5-2-3-6-4/h4-7H,1-3H3;3-5H,1-2H3;2-4H,1H3;2-5H,1H3;3-4H,1-2H3;2-3H,1H3. The summed E-state index contributed by atoms with van der Waals surface area (Å²) < 4.78 is 10.8. The number of hydrogen-bond donors (Lipinski definition) is 0. The van der Waals surface area contributed by atoms with E-state index < -0.39 is 0 Å². The van der Waals surface area contributed by atoms with Crippen molar-refractivity contribution in [3.63, 3.8) is 0 Å². The zero-order valence-corrected chi connectivity index (χ0v) is 38.5. The molecule has 58 heavy (non-hydrogen) atoms. The maximum Gasteiger partial charge on any atom is 0.121 e. The Labute approximate surface area is 362 Å². The van der Waals surface area contributed by atoms with Crippen LogP contribution < -0.4 is 4.74 Å². The predicted molar refractivity (Wildman–Crippen MR) is 252 cm³/mol. The van der Waals surface area contributed by atoms with Crippen LogP contribution in [0.5, 0.6) is 5.75 Å². The molecular formula is C45H48ClN7OS4. The highest BCUT2D eigenvalue weighted by Crippen LogP contribution is 2.39. The van der Waals surface area contributed by atoms with Crippen LogP contribution in [0.15, 0.2) is 114 Å². The first-order valence-corrected chi connectivity index (χ1v) is 22.2. The van der Waals surface area contributed by atoms with E-state index in [1.165, 1.54) is 25.4 Å². The van der Waals surface area contributed by atoms with E-state index in [9.17, 15) is 0 Å². The summed E-state index contributed by atoms with van der Waals surface area (Å²) in [5.41, 5.74) is 6.98. The van der Waals surface area contributed by atoms with Gasteiger partial charge in [-0.05, 0) is 95.6 Å². The Morgan fingerprint density at radius 2 is 1.22 bits per heavy atom. The molecule has 0 spiro atoms. The monoisotopic (exact) mass is 865 g/mol. The number of benzene rings is 4. The van der Waals surface area contributed by atoms with Crippen LogP contribution in [-0.2, 0) is 12.5 Å². The molecular weight excluding hydrogens is 818 g/mol. The Morgan fingerprint density at radius 1 is 0.638 bits per heavy atom. The van der Waals surface area contributed by atoms with Gasteiger partial charge >= 0.3 is 0 Å². The SMILES string of the molecule is CC1=Nc2ccccc2C1(C)C.COc1ccc2sc(C)nc2c1.Cc1nc2cc(Cl)ccc2s1.Cc1nc2ccccc2s1.Cc1nccn1C.Cc1nccs1. The third-order valence-electron chi connectivity index (χ3n) is 8.95. The molecule has 4 aromatic carbocycles. The first kappa shape index (κ1) is 44.3. The fourth-order valence-electron chi connectivity index (χ4n) is 5.50. The number of ether oxygens (including phenoxy) is 1. The number of imidazole rings is 1. The molecule has 1 aliphatic heterocycles. The highest BCUT2D eigenvalue weighted by molar-refractivity contribution is 7.19. The number of aliphatic imine (C=N–C) groups is 1. The predicted octanol–water partition coefficient (Wildman–Crippen LogP) is 13.7. The van der Waals surface area contributed by atoms with Crippen molar-refractivity contribution in [2.45, 2.75) is 60.8 Å². The van der Waals surface area contributed by atoms with Crippen molar-refractivity contribution in [1.82, 2.24) is 29.5 Å². The molecule has 0 amide bonds. The highest BCUT2D eigenvalue weighted by atomic mass is 35.5. The van der Waals surface area contributed by atoms with Gasteiger partial charge in [0.05, 0.1) is 63.5 Å². The zero-order valence-electron chi connectivity index (χ0n) is 34.4. The van der Waals surface area contributed by atoms with E-state index in [1.807, 2.05) is 118 Å². The van der Waals surface area contributed by atoms with Crippen LogP contribution in [0.2, 0.25) is 5.02 Å². The summed E-state index contributed by atoms with van der Waals surface area (Å²) in [7, 11) is 3.64. The van der Waals surface area contributed by atoms with Gasteiger partial charge in [0, 0.05) is 53.2 Å². The van der Waals surface area contributed by atoms with E-state index in [0.29, 0.717) is 0 Å². The van der Waals surface area contributed by atoms with Gasteiger partial charge in [-0.25, -0.2) is 19.9 Å². The quantitative estimate of drug-likeness (QED) is 0.163. The van der Waals surface area contributed by atoms with Crippen LogP contribution in [0.4, 0.5) is 5.69 Å². The number of methoxy groups -OCH3 is 1. The molecule has 0 unspecified atom stereocenters. The largest absolute Gasteiger partial charge is 0.497 e. The van der Waals surface area contributed by atoms with Gasteiger partial charge < -0.3 is 9.30 Å². The molecule has 0 N–H and O–H groups in total. The molecule has 0 bridgehead atoms. The molecule has 300 valence electrons. The first-order chi connectivity index (χ1) is 27.7. The number of fused-ring (bicyclic) bond motifs is 4. The number of nitrogens with zero attached hydrogens (tertiary/aromatic N) is 7. The Hall–Kier alpha value is -4.85. The van der Waals surface area contributed by atoms with Crippen LogP contribution in [0.1, 0.15) is 52.2 Å². The summed E-state index contributed by atoms with van der Waals surface area (Å²) in [5, 5.41) is 7.18. The molecule has 10 rings (SSSR count). The maximum absolute atomic E-state index is 5.79. The van der Waals surface area contributed by atoms with Crippen molar-refractivity contribution < 1.29 is 4.74 Å². The van der Waals surface area contributed by atoms with Crippen molar-refractivity contribution >= 4 is 99.0 Å². The molecule has 0 aliphatic carbocycles. The smallest absolute Gasteiger partial charge is 0.121 e. The lowest BCUT2D eigenvalue weighted by atomic mass is 9.82. The van der Waals surface area contributed by atoms with E-state index in [0.717, 1.165) is 58.9 Å². The number of para-hydroxylation sites is 2. The lowest BCUT2D eigenvalue weighted by Gasteiger charge is -2.19. The lowest BCUT2D eigenvalue weighted by Crippen LogP contribution is -2.22. The molecule has 9 aromatic rings. The number of hydrogen-bond acceptors (Lipinski definition) is 11. The van der Waals surface area contributed by atoms with Gasteiger partial charge in [-0.1, -0.05) is 55.8 Å². The third-order valence-corrected chi connectivity index (χ3v) is 12.7. The number of thiazole rings is 4. The number of aromatic nitrogens is 6. The van der Waals surface area contributed by atoms with Crippen molar-refractivity contribution in [2.75, 3.05) is 7.11 Å². The van der Waals surface area contributed by atoms with Gasteiger partial charge in [-0.2, -0.15) is 0 Å². The Kier molecular flexibility index (Phi) is 15.8. The van der Waals surface area contributed by atoms with E-state index in [4.69, 9.17) is 16.3 Å². The summed E-state index contributed by atoms with van der Waals surface area (Å²) in [6.07, 6.45) is 5.52. The van der Waals surface area contributed by atoms with Crippen LogP contribution in [0.3, 0.4) is 0 Å². The van der Waals surface area contributed by atoms with Crippen molar-refractivity contribution in [3.8, 4) is 5.75 Å². The van der Waals surface area contributed by atoms with Crippen molar-refractivity contribution in [2.24, 2.45) is 12.0 Å².